The maximum Gasteiger partial charge on any atom is 0.422 e. The quantitative estimate of drug-likeness (QED) is 0.242. The molecule has 0 aliphatic heterocycles. The fraction of sp³-hybridized carbons (Fsp3) is 0.417. The van der Waals surface area contributed by atoms with Gasteiger partial charge < -0.3 is 4.74 Å². The third kappa shape index (κ3) is 5.18. The summed E-state index contributed by atoms with van der Waals surface area (Å²) in [6, 6.07) is 0. The van der Waals surface area contributed by atoms with E-state index in [0.717, 1.165) is 30.4 Å². The van der Waals surface area contributed by atoms with Gasteiger partial charge >= 0.3 is 11.6 Å². The van der Waals surface area contributed by atoms with Crippen LogP contribution < -0.4 is 5.01 Å². The minimum atomic E-state index is -4.62. The van der Waals surface area contributed by atoms with Gasteiger partial charge in [-0.15, -0.1) is 10.2 Å². The van der Waals surface area contributed by atoms with E-state index in [1.165, 1.54) is 7.05 Å². The molecule has 12 heteroatoms. The summed E-state index contributed by atoms with van der Waals surface area (Å²) in [5.74, 6) is -1.65. The van der Waals surface area contributed by atoms with Crippen molar-refractivity contribution in [1.82, 2.24) is 14.9 Å². The second-order valence-corrected chi connectivity index (χ2v) is 4.72. The van der Waals surface area contributed by atoms with Crippen molar-refractivity contribution in [2.45, 2.75) is 11.6 Å². The Labute approximate surface area is 138 Å². The van der Waals surface area contributed by atoms with Gasteiger partial charge in [0.1, 0.15) is 0 Å². The highest BCUT2D eigenvalue weighted by Crippen LogP contribution is 2.31. The standard InChI is InChI=1S/C12H13ClF5N5O/c1-4-5-9(24-7-11(14,15)16)22(3)23-8(6-19-2)20-21-10(23)12(13,17)18/h4-6H,1,7H2,2-3H3/b9-5+,19-6-. The Kier molecular flexibility index (Phi) is 6.29. The molecule has 0 aliphatic carbocycles. The molecule has 0 unspecified atom stereocenters. The van der Waals surface area contributed by atoms with Crippen LogP contribution in [0.15, 0.2) is 29.6 Å². The number of nitrogens with zero attached hydrogens (tertiary/aromatic N) is 5. The molecule has 0 amide bonds. The first-order chi connectivity index (χ1) is 11.0. The van der Waals surface area contributed by atoms with Gasteiger partial charge in [-0.25, -0.2) is 9.69 Å². The molecule has 0 N–H and O–H groups in total. The molecule has 1 heterocycles. The molecule has 134 valence electrons. The van der Waals surface area contributed by atoms with Crippen LogP contribution in [0, 0.1) is 0 Å². The van der Waals surface area contributed by atoms with Gasteiger partial charge in [0.25, 0.3) is 0 Å². The zero-order chi connectivity index (χ0) is 18.5. The highest BCUT2D eigenvalue weighted by atomic mass is 35.5. The minimum absolute atomic E-state index is 0.194. The molecule has 6 nitrogen and oxygen atoms in total. The van der Waals surface area contributed by atoms with E-state index >= 15 is 0 Å². The average molecular weight is 374 g/mol. The molecule has 0 saturated heterocycles. The number of allylic oxidation sites excluding steroid dienone is 2. The van der Waals surface area contributed by atoms with Crippen molar-refractivity contribution in [2.75, 3.05) is 25.7 Å². The van der Waals surface area contributed by atoms with Gasteiger partial charge in [-0.2, -0.15) is 22.0 Å². The Balaban J connectivity index is 3.32. The lowest BCUT2D eigenvalue weighted by Gasteiger charge is -2.26. The molecule has 0 atom stereocenters. The predicted octanol–water partition coefficient (Wildman–Crippen LogP) is 2.79. The number of hydrogen-bond donors (Lipinski definition) is 0. The number of aromatic nitrogens is 3. The Morgan fingerprint density at radius 2 is 2.00 bits per heavy atom. The fourth-order valence-corrected chi connectivity index (χ4v) is 1.68. The van der Waals surface area contributed by atoms with Crippen LogP contribution in [0.25, 0.3) is 0 Å². The Bertz CT molecular complexity index is 635. The molecular formula is C12H13ClF5N5O. The summed E-state index contributed by atoms with van der Waals surface area (Å²) < 4.78 is 69.2. The first kappa shape index (κ1) is 19.9. The lowest BCUT2D eigenvalue weighted by Crippen LogP contribution is -2.36. The maximum atomic E-state index is 13.5. The number of aliphatic imine (C=N–C) groups is 1. The summed E-state index contributed by atoms with van der Waals surface area (Å²) in [5, 5.41) is 3.62. The molecule has 0 saturated carbocycles. The van der Waals surface area contributed by atoms with Crippen molar-refractivity contribution in [3.63, 3.8) is 0 Å². The summed E-state index contributed by atoms with van der Waals surface area (Å²) in [5.41, 5.74) is 0. The van der Waals surface area contributed by atoms with E-state index < -0.39 is 29.9 Å². The summed E-state index contributed by atoms with van der Waals surface area (Å²) >= 11 is 4.96. The number of rotatable bonds is 7. The topological polar surface area (TPSA) is 55.5 Å². The second-order valence-electron chi connectivity index (χ2n) is 4.25. The van der Waals surface area contributed by atoms with Crippen molar-refractivity contribution >= 4 is 17.8 Å². The second kappa shape index (κ2) is 7.60. The molecule has 24 heavy (non-hydrogen) atoms. The normalized spacial score (nSPS) is 13.4. The van der Waals surface area contributed by atoms with Crippen molar-refractivity contribution in [2.24, 2.45) is 4.99 Å². The molecule has 1 rings (SSSR count). The molecule has 0 aromatic carbocycles. The van der Waals surface area contributed by atoms with Crippen molar-refractivity contribution in [1.29, 1.82) is 0 Å². The van der Waals surface area contributed by atoms with Crippen LogP contribution in [-0.2, 0) is 10.1 Å². The summed E-state index contributed by atoms with van der Waals surface area (Å²) in [7, 11) is 2.51. The van der Waals surface area contributed by atoms with Gasteiger partial charge in [-0.1, -0.05) is 12.7 Å². The average Bonchev–Trinajstić information content (AvgIpc) is 2.86. The fourth-order valence-electron chi connectivity index (χ4n) is 1.56. The van der Waals surface area contributed by atoms with Gasteiger partial charge in [-0.05, 0) is 17.7 Å². The van der Waals surface area contributed by atoms with Crippen LogP contribution in [0.2, 0.25) is 0 Å². The predicted molar refractivity (Wildman–Crippen MR) is 77.7 cm³/mol. The van der Waals surface area contributed by atoms with Crippen LogP contribution in [-0.4, -0.2) is 48.0 Å². The number of hydrogen-bond acceptors (Lipinski definition) is 5. The van der Waals surface area contributed by atoms with Gasteiger partial charge in [0.05, 0.1) is 6.21 Å². The van der Waals surface area contributed by atoms with Gasteiger partial charge in [0.2, 0.25) is 11.7 Å². The van der Waals surface area contributed by atoms with Crippen LogP contribution in [0.4, 0.5) is 22.0 Å². The molecule has 0 radical (unpaired) electrons. The van der Waals surface area contributed by atoms with E-state index in [4.69, 9.17) is 11.6 Å². The van der Waals surface area contributed by atoms with Gasteiger partial charge in [0.15, 0.2) is 12.4 Å². The smallest absolute Gasteiger partial charge is 0.422 e. The molecule has 0 bridgehead atoms. The van der Waals surface area contributed by atoms with E-state index in [1.54, 1.807) is 0 Å². The zero-order valence-corrected chi connectivity index (χ0v) is 13.3. The third-order valence-corrected chi connectivity index (χ3v) is 2.60. The number of alkyl halides is 6. The maximum absolute atomic E-state index is 13.5. The van der Waals surface area contributed by atoms with E-state index in [1.807, 2.05) is 0 Å². The first-order valence-electron chi connectivity index (χ1n) is 6.22. The monoisotopic (exact) mass is 373 g/mol. The lowest BCUT2D eigenvalue weighted by atomic mass is 10.5. The van der Waals surface area contributed by atoms with Crippen LogP contribution in [0.3, 0.4) is 0 Å². The molecule has 0 fully saturated rings. The van der Waals surface area contributed by atoms with E-state index in [0.29, 0.717) is 4.68 Å². The minimum Gasteiger partial charge on any atom is -0.468 e. The van der Waals surface area contributed by atoms with Crippen molar-refractivity contribution in [3.8, 4) is 0 Å². The molecular weight excluding hydrogens is 361 g/mol. The third-order valence-electron chi connectivity index (χ3n) is 2.43. The molecule has 0 aliphatic rings. The Hall–Kier alpha value is -2.17. The highest BCUT2D eigenvalue weighted by Gasteiger charge is 2.38. The van der Waals surface area contributed by atoms with Crippen LogP contribution >= 0.6 is 11.6 Å². The lowest BCUT2D eigenvalue weighted by molar-refractivity contribution is -0.165. The zero-order valence-electron chi connectivity index (χ0n) is 12.6. The van der Waals surface area contributed by atoms with Gasteiger partial charge in [-0.3, -0.25) is 4.99 Å². The molecule has 1 aromatic rings. The molecule has 1 aromatic heterocycles. The van der Waals surface area contributed by atoms with Gasteiger partial charge in [0, 0.05) is 14.1 Å². The van der Waals surface area contributed by atoms with E-state index in [-0.39, 0.29) is 5.82 Å². The first-order valence-corrected chi connectivity index (χ1v) is 6.60. The SMILES string of the molecule is C=C/C=C(/OCC(F)(F)F)N(C)n1c(/C=N\C)nnc1C(F)(F)Cl. The summed E-state index contributed by atoms with van der Waals surface area (Å²) in [4.78, 5) is 3.61. The van der Waals surface area contributed by atoms with Crippen molar-refractivity contribution in [3.05, 3.63) is 36.3 Å². The molecule has 0 spiro atoms. The van der Waals surface area contributed by atoms with Crippen LogP contribution in [0.1, 0.15) is 11.6 Å². The largest absolute Gasteiger partial charge is 0.468 e. The Morgan fingerprint density at radius 1 is 1.38 bits per heavy atom. The summed E-state index contributed by atoms with van der Waals surface area (Å²) in [6.07, 6.45) is -1.38. The highest BCUT2D eigenvalue weighted by molar-refractivity contribution is 6.21. The number of halogens is 6. The van der Waals surface area contributed by atoms with E-state index in [2.05, 4.69) is 26.5 Å². The summed E-state index contributed by atoms with van der Waals surface area (Å²) in [6.45, 7) is 1.70. The van der Waals surface area contributed by atoms with Crippen LogP contribution in [0.5, 0.6) is 0 Å². The van der Waals surface area contributed by atoms with E-state index in [9.17, 15) is 22.0 Å². The Morgan fingerprint density at radius 3 is 2.46 bits per heavy atom. The number of ether oxygens (including phenoxy) is 1. The van der Waals surface area contributed by atoms with Crippen molar-refractivity contribution < 1.29 is 26.7 Å².